The molecular weight excluding hydrogens is 401 g/mol. The van der Waals surface area contributed by atoms with E-state index >= 15 is 0 Å². The Bertz CT molecular complexity index is 916. The summed E-state index contributed by atoms with van der Waals surface area (Å²) in [5, 5.41) is 5.96. The number of ether oxygens (including phenoxy) is 1. The standard InChI is InChI=1S/C20H19ClFN3O2S/c1-27-11-10-23-19(26)12-25(17-8-4-15(21)5-9-17)20-24-18(13-28-20)14-2-6-16(22)7-3-14/h2-9,13H,10-12H2,1H3,(H,23,26). The molecule has 0 radical (unpaired) electrons. The summed E-state index contributed by atoms with van der Waals surface area (Å²) in [6, 6.07) is 13.4. The number of rotatable bonds is 8. The number of benzene rings is 2. The van der Waals surface area contributed by atoms with Gasteiger partial charge >= 0.3 is 0 Å². The summed E-state index contributed by atoms with van der Waals surface area (Å²) in [5.74, 6) is -0.444. The molecule has 1 heterocycles. The molecule has 0 fully saturated rings. The molecule has 5 nitrogen and oxygen atoms in total. The number of methoxy groups -OCH3 is 1. The fraction of sp³-hybridized carbons (Fsp3) is 0.200. The zero-order valence-corrected chi connectivity index (χ0v) is 16.8. The zero-order valence-electron chi connectivity index (χ0n) is 15.2. The number of halogens is 2. The Morgan fingerprint density at radius 3 is 2.61 bits per heavy atom. The summed E-state index contributed by atoms with van der Waals surface area (Å²) in [7, 11) is 1.58. The van der Waals surface area contributed by atoms with Gasteiger partial charge in [0.05, 0.1) is 12.3 Å². The fourth-order valence-electron chi connectivity index (χ4n) is 2.52. The van der Waals surface area contributed by atoms with Crippen LogP contribution in [-0.2, 0) is 9.53 Å². The summed E-state index contributed by atoms with van der Waals surface area (Å²) in [6.07, 6.45) is 0. The molecule has 3 aromatic rings. The second-order valence-corrected chi connectivity index (χ2v) is 7.20. The van der Waals surface area contributed by atoms with Crippen molar-refractivity contribution in [1.82, 2.24) is 10.3 Å². The maximum Gasteiger partial charge on any atom is 0.240 e. The number of hydrogen-bond acceptors (Lipinski definition) is 5. The first kappa shape index (κ1) is 20.3. The van der Waals surface area contributed by atoms with E-state index in [2.05, 4.69) is 10.3 Å². The molecule has 146 valence electrons. The van der Waals surface area contributed by atoms with Crippen molar-refractivity contribution in [2.75, 3.05) is 31.7 Å². The van der Waals surface area contributed by atoms with Crippen LogP contribution in [0.2, 0.25) is 5.02 Å². The molecule has 1 amide bonds. The summed E-state index contributed by atoms with van der Waals surface area (Å²) in [5.41, 5.74) is 2.33. The topological polar surface area (TPSA) is 54.5 Å². The van der Waals surface area contributed by atoms with Gasteiger partial charge in [0.1, 0.15) is 12.4 Å². The summed E-state index contributed by atoms with van der Waals surface area (Å²) < 4.78 is 18.1. The Labute approximate surface area is 171 Å². The van der Waals surface area contributed by atoms with Gasteiger partial charge in [0.15, 0.2) is 5.13 Å². The second-order valence-electron chi connectivity index (χ2n) is 5.93. The number of amides is 1. The van der Waals surface area contributed by atoms with Crippen molar-refractivity contribution in [3.8, 4) is 11.3 Å². The molecule has 2 aromatic carbocycles. The average molecular weight is 420 g/mol. The molecule has 1 aromatic heterocycles. The quantitative estimate of drug-likeness (QED) is 0.546. The van der Waals surface area contributed by atoms with Gasteiger partial charge in [-0.05, 0) is 48.5 Å². The highest BCUT2D eigenvalue weighted by molar-refractivity contribution is 7.14. The molecule has 28 heavy (non-hydrogen) atoms. The molecule has 0 saturated carbocycles. The smallest absolute Gasteiger partial charge is 0.240 e. The van der Waals surface area contributed by atoms with Gasteiger partial charge in [-0.3, -0.25) is 4.79 Å². The van der Waals surface area contributed by atoms with Crippen LogP contribution in [0.15, 0.2) is 53.9 Å². The van der Waals surface area contributed by atoms with E-state index in [0.717, 1.165) is 16.9 Å². The monoisotopic (exact) mass is 419 g/mol. The first-order valence-corrected chi connectivity index (χ1v) is 9.83. The lowest BCUT2D eigenvalue weighted by Gasteiger charge is -2.21. The summed E-state index contributed by atoms with van der Waals surface area (Å²) >= 11 is 7.40. The van der Waals surface area contributed by atoms with E-state index in [1.165, 1.54) is 23.5 Å². The molecule has 0 unspecified atom stereocenters. The lowest BCUT2D eigenvalue weighted by atomic mass is 10.2. The lowest BCUT2D eigenvalue weighted by Crippen LogP contribution is -2.36. The minimum Gasteiger partial charge on any atom is -0.383 e. The number of nitrogens with zero attached hydrogens (tertiary/aromatic N) is 2. The highest BCUT2D eigenvalue weighted by atomic mass is 35.5. The van der Waals surface area contributed by atoms with Gasteiger partial charge in [-0.2, -0.15) is 0 Å². The van der Waals surface area contributed by atoms with Crippen molar-refractivity contribution in [2.45, 2.75) is 0 Å². The van der Waals surface area contributed by atoms with Crippen molar-refractivity contribution < 1.29 is 13.9 Å². The van der Waals surface area contributed by atoms with Gasteiger partial charge in [0.2, 0.25) is 5.91 Å². The number of aromatic nitrogens is 1. The van der Waals surface area contributed by atoms with E-state index in [-0.39, 0.29) is 18.3 Å². The normalized spacial score (nSPS) is 10.7. The maximum atomic E-state index is 13.2. The van der Waals surface area contributed by atoms with Gasteiger partial charge in [0, 0.05) is 35.3 Å². The molecule has 0 bridgehead atoms. The molecule has 1 N–H and O–H groups in total. The molecule has 0 aliphatic heterocycles. The molecule has 0 aliphatic rings. The van der Waals surface area contributed by atoms with Gasteiger partial charge in [-0.1, -0.05) is 11.6 Å². The van der Waals surface area contributed by atoms with Crippen molar-refractivity contribution in [2.24, 2.45) is 0 Å². The van der Waals surface area contributed by atoms with E-state index < -0.39 is 0 Å². The third-order valence-electron chi connectivity index (χ3n) is 3.93. The minimum absolute atomic E-state index is 0.0989. The first-order valence-electron chi connectivity index (χ1n) is 8.57. The van der Waals surface area contributed by atoms with Crippen LogP contribution in [0.3, 0.4) is 0 Å². The third-order valence-corrected chi connectivity index (χ3v) is 5.05. The van der Waals surface area contributed by atoms with E-state index in [1.54, 1.807) is 31.4 Å². The Hall–Kier alpha value is -2.48. The Balaban J connectivity index is 1.85. The number of carbonyl (C=O) groups is 1. The predicted molar refractivity (Wildman–Crippen MR) is 111 cm³/mol. The van der Waals surface area contributed by atoms with Crippen LogP contribution >= 0.6 is 22.9 Å². The summed E-state index contributed by atoms with van der Waals surface area (Å²) in [4.78, 5) is 18.8. The summed E-state index contributed by atoms with van der Waals surface area (Å²) in [6.45, 7) is 0.975. The van der Waals surface area contributed by atoms with Crippen LogP contribution in [0, 0.1) is 5.82 Å². The van der Waals surface area contributed by atoms with E-state index in [4.69, 9.17) is 16.3 Å². The predicted octanol–water partition coefficient (Wildman–Crippen LogP) is 4.50. The van der Waals surface area contributed by atoms with Crippen LogP contribution in [0.5, 0.6) is 0 Å². The molecule has 8 heteroatoms. The zero-order chi connectivity index (χ0) is 19.9. The highest BCUT2D eigenvalue weighted by Crippen LogP contribution is 2.32. The largest absolute Gasteiger partial charge is 0.383 e. The van der Waals surface area contributed by atoms with Crippen LogP contribution in [0.25, 0.3) is 11.3 Å². The van der Waals surface area contributed by atoms with Crippen molar-refractivity contribution >= 4 is 39.7 Å². The average Bonchev–Trinajstić information content (AvgIpc) is 3.17. The van der Waals surface area contributed by atoms with Crippen LogP contribution in [-0.4, -0.2) is 37.7 Å². The molecular formula is C20H19ClFN3O2S. The maximum absolute atomic E-state index is 13.2. The third kappa shape index (κ3) is 5.28. The molecule has 0 atom stereocenters. The van der Waals surface area contributed by atoms with Crippen molar-refractivity contribution in [3.63, 3.8) is 0 Å². The van der Waals surface area contributed by atoms with Crippen LogP contribution in [0.1, 0.15) is 0 Å². The van der Waals surface area contributed by atoms with Gasteiger partial charge in [0.25, 0.3) is 0 Å². The second kappa shape index (κ2) is 9.64. The van der Waals surface area contributed by atoms with Gasteiger partial charge in [-0.25, -0.2) is 9.37 Å². The van der Waals surface area contributed by atoms with E-state index in [9.17, 15) is 9.18 Å². The Kier molecular flexibility index (Phi) is 6.97. The molecule has 0 spiro atoms. The Morgan fingerprint density at radius 2 is 1.93 bits per heavy atom. The lowest BCUT2D eigenvalue weighted by molar-refractivity contribution is -0.119. The number of hydrogen-bond donors (Lipinski definition) is 1. The molecule has 3 rings (SSSR count). The Morgan fingerprint density at radius 1 is 1.21 bits per heavy atom. The highest BCUT2D eigenvalue weighted by Gasteiger charge is 2.18. The van der Waals surface area contributed by atoms with Gasteiger partial charge < -0.3 is 15.0 Å². The van der Waals surface area contributed by atoms with Gasteiger partial charge in [-0.15, -0.1) is 11.3 Å². The SMILES string of the molecule is COCCNC(=O)CN(c1ccc(Cl)cc1)c1nc(-c2ccc(F)cc2)cs1. The van der Waals surface area contributed by atoms with E-state index in [0.29, 0.717) is 23.3 Å². The number of thiazole rings is 1. The number of nitrogens with one attached hydrogen (secondary N) is 1. The number of anilines is 2. The van der Waals surface area contributed by atoms with Crippen LogP contribution < -0.4 is 10.2 Å². The fourth-order valence-corrected chi connectivity index (χ4v) is 3.50. The first-order chi connectivity index (χ1) is 13.6. The van der Waals surface area contributed by atoms with Crippen molar-refractivity contribution in [3.05, 3.63) is 64.8 Å². The van der Waals surface area contributed by atoms with Crippen molar-refractivity contribution in [1.29, 1.82) is 0 Å². The van der Waals surface area contributed by atoms with E-state index in [1.807, 2.05) is 22.4 Å². The van der Waals surface area contributed by atoms with Crippen LogP contribution in [0.4, 0.5) is 15.2 Å². The molecule has 0 aliphatic carbocycles. The minimum atomic E-state index is -0.297. The molecule has 0 saturated heterocycles. The number of carbonyl (C=O) groups excluding carboxylic acids is 1.